The molecule has 50 heavy (non-hydrogen) atoms. The minimum atomic E-state index is -2.34. The molecule has 1 unspecified atom stereocenters. The molecule has 3 aliphatic carbocycles. The number of fused-ring (bicyclic) bond motifs is 7. The molecule has 1 N–H and O–H groups in total. The molecule has 1 aromatic carbocycles. The van der Waals surface area contributed by atoms with Crippen molar-refractivity contribution in [3.05, 3.63) is 47.2 Å². The second kappa shape index (κ2) is 12.5. The van der Waals surface area contributed by atoms with E-state index in [0.717, 1.165) is 18.1 Å². The smallest absolute Gasteiger partial charge is 0.338 e. The summed E-state index contributed by atoms with van der Waals surface area (Å²) in [6.07, 6.45) is -2.74. The largest absolute Gasteiger partial charge is 0.465 e. The van der Waals surface area contributed by atoms with Crippen LogP contribution in [0.2, 0.25) is 18.1 Å². The van der Waals surface area contributed by atoms with Crippen molar-refractivity contribution in [2.45, 2.75) is 148 Å². The Morgan fingerprint density at radius 1 is 1.02 bits per heavy atom. The third-order valence-corrected chi connectivity index (χ3v) is 18.0. The maximum Gasteiger partial charge on any atom is 0.338 e. The summed E-state index contributed by atoms with van der Waals surface area (Å²) in [4.78, 5) is 41.4. The van der Waals surface area contributed by atoms with Crippen LogP contribution in [-0.4, -0.2) is 79.2 Å². The van der Waals surface area contributed by atoms with E-state index in [2.05, 4.69) is 27.7 Å². The lowest BCUT2D eigenvalue weighted by atomic mass is 9.46. The zero-order valence-corrected chi connectivity index (χ0v) is 32.4. The van der Waals surface area contributed by atoms with E-state index >= 15 is 0 Å². The number of hydrogen-bond acceptors (Lipinski definition) is 10. The van der Waals surface area contributed by atoms with Gasteiger partial charge in [-0.2, -0.15) is 0 Å². The molecule has 11 heteroatoms. The van der Waals surface area contributed by atoms with Crippen LogP contribution < -0.4 is 0 Å². The summed E-state index contributed by atoms with van der Waals surface area (Å²) in [5.74, 6) is -3.29. The molecule has 2 saturated carbocycles. The SMILES string of the molecule is CC[Si](CC)(CC)O[C@H]1C[C@H]2OC[C@@]2(OC(C)=O)[C@H]2[C@H](OC(=O)c3ccccc3)[C@]3(O)CCC(=O)C(C)/C(=C4\OC(C)(C)O[C@H]4[C@]12C)C3(C)C. The van der Waals surface area contributed by atoms with Gasteiger partial charge in [-0.05, 0) is 42.3 Å². The Hall–Kier alpha value is -2.57. The van der Waals surface area contributed by atoms with Gasteiger partial charge in [0.2, 0.25) is 5.79 Å². The number of esters is 2. The zero-order valence-electron chi connectivity index (χ0n) is 31.4. The molecule has 2 aliphatic heterocycles. The third kappa shape index (κ3) is 5.35. The highest BCUT2D eigenvalue weighted by Crippen LogP contribution is 2.67. The molecule has 10 nitrogen and oxygen atoms in total. The number of rotatable bonds is 8. The van der Waals surface area contributed by atoms with Gasteiger partial charge in [-0.25, -0.2) is 4.79 Å². The average molecular weight is 713 g/mol. The van der Waals surface area contributed by atoms with Gasteiger partial charge >= 0.3 is 11.9 Å². The van der Waals surface area contributed by atoms with Gasteiger partial charge in [0.15, 0.2) is 13.9 Å². The number of ketones is 1. The summed E-state index contributed by atoms with van der Waals surface area (Å²) in [7, 11) is -2.34. The quantitative estimate of drug-likeness (QED) is 0.236. The first-order valence-electron chi connectivity index (χ1n) is 18.5. The lowest BCUT2D eigenvalue weighted by molar-refractivity contribution is -0.357. The van der Waals surface area contributed by atoms with E-state index in [1.54, 1.807) is 24.3 Å². The molecule has 0 radical (unpaired) electrons. The predicted molar refractivity (Wildman–Crippen MR) is 187 cm³/mol. The van der Waals surface area contributed by atoms with Crippen molar-refractivity contribution in [2.24, 2.45) is 22.7 Å². The molecular formula is C39H56O10Si. The maximum absolute atomic E-state index is 14.3. The van der Waals surface area contributed by atoms with Crippen LogP contribution in [0.4, 0.5) is 0 Å². The van der Waals surface area contributed by atoms with Crippen LogP contribution in [0.1, 0.15) is 98.9 Å². The standard InChI is InChI=1S/C39H56O10Si/c1-11-50(12-2,13-3)49-27-21-28-38(22-44-28,46-24(5)40)31-33(45-34(42)25-17-15-14-16-18-25)39(43)20-19-26(41)23(4)29(35(39,6)7)30-32(37(27,31)10)48-36(8,9)47-30/h14-18,23,27-28,31-33,43H,11-13,19-22H2,1-10H3/b30-29+/t23?,27-,28+,31-,32+,33-,37+,38-,39+/m0/s1. The minimum absolute atomic E-state index is 0.0129. The molecule has 2 heterocycles. The van der Waals surface area contributed by atoms with Gasteiger partial charge in [-0.3, -0.25) is 9.59 Å². The average Bonchev–Trinajstić information content (AvgIpc) is 3.36. The second-order valence-electron chi connectivity index (χ2n) is 16.5. The monoisotopic (exact) mass is 712 g/mol. The Bertz CT molecular complexity index is 1540. The molecule has 2 saturated heterocycles. The first kappa shape index (κ1) is 37.2. The van der Waals surface area contributed by atoms with Crippen LogP contribution in [0.25, 0.3) is 0 Å². The Morgan fingerprint density at radius 3 is 2.22 bits per heavy atom. The molecule has 2 bridgehead atoms. The van der Waals surface area contributed by atoms with E-state index in [0.29, 0.717) is 23.3 Å². The van der Waals surface area contributed by atoms with E-state index in [-0.39, 0.29) is 25.2 Å². The summed E-state index contributed by atoms with van der Waals surface area (Å²) >= 11 is 0. The number of carbonyl (C=O) groups is 3. The van der Waals surface area contributed by atoms with Crippen LogP contribution in [-0.2, 0) is 37.7 Å². The van der Waals surface area contributed by atoms with Crippen molar-refractivity contribution in [1.82, 2.24) is 0 Å². The van der Waals surface area contributed by atoms with Crippen molar-refractivity contribution in [1.29, 1.82) is 0 Å². The summed E-state index contributed by atoms with van der Waals surface area (Å²) in [6, 6.07) is 11.3. The molecule has 0 aromatic heterocycles. The van der Waals surface area contributed by atoms with Gasteiger partial charge in [0.25, 0.3) is 0 Å². The fourth-order valence-corrected chi connectivity index (χ4v) is 13.2. The number of aliphatic hydroxyl groups is 1. The molecule has 0 spiro atoms. The van der Waals surface area contributed by atoms with Crippen LogP contribution in [0.15, 0.2) is 41.7 Å². The molecule has 5 aliphatic rings. The van der Waals surface area contributed by atoms with Gasteiger partial charge in [0, 0.05) is 50.4 Å². The maximum atomic E-state index is 14.3. The van der Waals surface area contributed by atoms with Crippen molar-refractivity contribution in [3.63, 3.8) is 0 Å². The fourth-order valence-electron chi connectivity index (χ4n) is 10.2. The Labute approximate surface area is 297 Å². The Morgan fingerprint density at radius 2 is 1.66 bits per heavy atom. The molecule has 0 amide bonds. The molecule has 4 fully saturated rings. The van der Waals surface area contributed by atoms with E-state index in [1.165, 1.54) is 6.92 Å². The van der Waals surface area contributed by atoms with Gasteiger partial charge in [0.05, 0.1) is 24.2 Å². The fraction of sp³-hybridized carbons (Fsp3) is 0.718. The zero-order chi connectivity index (χ0) is 36.7. The summed E-state index contributed by atoms with van der Waals surface area (Å²) in [5.41, 5.74) is -4.45. The molecule has 276 valence electrons. The van der Waals surface area contributed by atoms with Gasteiger partial charge in [-0.15, -0.1) is 0 Å². The van der Waals surface area contributed by atoms with Gasteiger partial charge in [0.1, 0.15) is 35.5 Å². The highest BCUT2D eigenvalue weighted by atomic mass is 28.4. The topological polar surface area (TPSA) is 127 Å². The van der Waals surface area contributed by atoms with E-state index in [1.807, 2.05) is 40.7 Å². The second-order valence-corrected chi connectivity index (χ2v) is 21.2. The molecule has 6 rings (SSSR count). The number of Topliss-reactive ketones (excluding diaryl/α,β-unsaturated/α-hetero) is 1. The first-order chi connectivity index (χ1) is 23.4. The van der Waals surface area contributed by atoms with Crippen LogP contribution in [0.5, 0.6) is 0 Å². The number of hydrogen-bond donors (Lipinski definition) is 1. The number of carbonyl (C=O) groups excluding carboxylic acids is 3. The molecule has 9 atom stereocenters. The lowest BCUT2D eigenvalue weighted by Crippen LogP contribution is -2.81. The van der Waals surface area contributed by atoms with Crippen LogP contribution in [0, 0.1) is 22.7 Å². The van der Waals surface area contributed by atoms with Crippen molar-refractivity contribution in [3.8, 4) is 0 Å². The summed E-state index contributed by atoms with van der Waals surface area (Å²) in [6.45, 7) is 19.3. The highest BCUT2D eigenvalue weighted by Gasteiger charge is 2.78. The lowest BCUT2D eigenvalue weighted by Gasteiger charge is -2.68. The number of ether oxygens (including phenoxy) is 5. The molecular weight excluding hydrogens is 657 g/mol. The van der Waals surface area contributed by atoms with Crippen LogP contribution in [0.3, 0.4) is 0 Å². The predicted octanol–water partition coefficient (Wildman–Crippen LogP) is 6.50. The summed E-state index contributed by atoms with van der Waals surface area (Å²) in [5, 5.41) is 13.6. The third-order valence-electron chi connectivity index (χ3n) is 13.3. The van der Waals surface area contributed by atoms with Crippen molar-refractivity contribution in [2.75, 3.05) is 6.61 Å². The van der Waals surface area contributed by atoms with Crippen molar-refractivity contribution >= 4 is 26.0 Å². The Balaban J connectivity index is 1.72. The first-order valence-corrected chi connectivity index (χ1v) is 21.0. The van der Waals surface area contributed by atoms with E-state index in [4.69, 9.17) is 28.1 Å². The summed E-state index contributed by atoms with van der Waals surface area (Å²) < 4.78 is 40.6. The van der Waals surface area contributed by atoms with E-state index < -0.39 is 84.3 Å². The highest BCUT2D eigenvalue weighted by molar-refractivity contribution is 6.73. The van der Waals surface area contributed by atoms with Gasteiger partial charge < -0.3 is 33.2 Å². The Kier molecular flexibility index (Phi) is 9.32. The minimum Gasteiger partial charge on any atom is -0.465 e. The van der Waals surface area contributed by atoms with Gasteiger partial charge in [-0.1, -0.05) is 66.7 Å². The van der Waals surface area contributed by atoms with Crippen molar-refractivity contribution < 1.29 is 47.6 Å². The van der Waals surface area contributed by atoms with Crippen LogP contribution >= 0.6 is 0 Å². The van der Waals surface area contributed by atoms with E-state index in [9.17, 15) is 19.5 Å². The number of benzene rings is 1. The molecule has 1 aromatic rings. The normalized spacial score (nSPS) is 40.0.